The van der Waals surface area contributed by atoms with E-state index in [-0.39, 0.29) is 44.3 Å². The lowest BCUT2D eigenvalue weighted by molar-refractivity contribution is -0.228. The molecule has 9 atom stereocenters. The van der Waals surface area contributed by atoms with Crippen LogP contribution in [0.2, 0.25) is 0 Å². The number of hydrogen-bond donors (Lipinski definition) is 1. The van der Waals surface area contributed by atoms with E-state index < -0.39 is 80.6 Å². The summed E-state index contributed by atoms with van der Waals surface area (Å²) in [7, 11) is 0. The Bertz CT molecular complexity index is 1880. The number of hydrogen-bond acceptors (Lipinski definition) is 7. The summed E-state index contributed by atoms with van der Waals surface area (Å²) in [5, 5.41) is 11.1. The van der Waals surface area contributed by atoms with Crippen molar-refractivity contribution in [1.29, 1.82) is 0 Å². The Morgan fingerprint density at radius 2 is 1.47 bits per heavy atom. The van der Waals surface area contributed by atoms with Crippen molar-refractivity contribution in [2.24, 2.45) is 28.6 Å². The summed E-state index contributed by atoms with van der Waals surface area (Å²) in [4.78, 5) is 40.4. The number of carbonyl (C=O) groups excluding carboxylic acids is 3. The molecular formula is C45H47F3O6S. The smallest absolute Gasteiger partial charge is 0.306 e. The summed E-state index contributed by atoms with van der Waals surface area (Å²) in [6.07, 6.45) is -0.0428. The predicted octanol–water partition coefficient (Wildman–Crippen LogP) is 8.81. The summed E-state index contributed by atoms with van der Waals surface area (Å²) in [5.74, 6) is -3.64. The number of alkyl halides is 3. The number of ketones is 1. The summed E-state index contributed by atoms with van der Waals surface area (Å²) >= 11 is 0.385. The van der Waals surface area contributed by atoms with Gasteiger partial charge in [-0.25, -0.2) is 13.2 Å². The van der Waals surface area contributed by atoms with Crippen molar-refractivity contribution in [2.45, 2.75) is 82.0 Å². The van der Waals surface area contributed by atoms with E-state index in [1.54, 1.807) is 13.8 Å². The molecule has 10 heteroatoms. The molecule has 4 aliphatic rings. The molecular weight excluding hydrogens is 726 g/mol. The zero-order chi connectivity index (χ0) is 39.2. The van der Waals surface area contributed by atoms with Crippen molar-refractivity contribution >= 4 is 28.6 Å². The van der Waals surface area contributed by atoms with Crippen molar-refractivity contribution < 1.29 is 42.1 Å². The Kier molecular flexibility index (Phi) is 10.6. The van der Waals surface area contributed by atoms with E-state index in [1.807, 2.05) is 91.0 Å². The van der Waals surface area contributed by atoms with Gasteiger partial charge in [0.2, 0.25) is 5.12 Å². The first-order chi connectivity index (χ1) is 26.3. The fourth-order valence-corrected chi connectivity index (χ4v) is 11.6. The number of aliphatic hydroxyl groups is 1. The Morgan fingerprint density at radius 3 is 2.02 bits per heavy atom. The first kappa shape index (κ1) is 39.3. The Labute approximate surface area is 324 Å². The second kappa shape index (κ2) is 14.8. The third-order valence-electron chi connectivity index (χ3n) is 13.3. The molecule has 0 amide bonds. The van der Waals surface area contributed by atoms with E-state index in [1.165, 1.54) is 19.1 Å². The molecule has 0 spiro atoms. The zero-order valence-corrected chi connectivity index (χ0v) is 32.1. The zero-order valence-electron chi connectivity index (χ0n) is 31.3. The molecule has 3 fully saturated rings. The van der Waals surface area contributed by atoms with Gasteiger partial charge in [-0.2, -0.15) is 0 Å². The van der Waals surface area contributed by atoms with Crippen LogP contribution in [0.25, 0.3) is 0 Å². The van der Waals surface area contributed by atoms with E-state index in [4.69, 9.17) is 9.47 Å². The standard InChI is InChI=1S/C45H47F3O6S/c1-29-24-34-35-26-37(47)36-25-33(49)21-22-41(36,2)44(35,48)38(50)27-42(34,3)45(29,40(52)55-28-46)54-39(51)20-13-23-53-43(30-14-7-4-8-15-30,31-16-9-5-10-17-31)32-18-11-6-12-19-32/h4-12,14-19,21-22,25,29,34-35,37-38,50H,13,20,23-24,26-28H2,1-3H3/t29-,34+,35+,37+,38+,41+,42+,44+,45+/m1/s1. The van der Waals surface area contributed by atoms with Gasteiger partial charge in [-0.1, -0.05) is 111 Å². The molecule has 3 aromatic carbocycles. The largest absolute Gasteiger partial charge is 0.449 e. The number of allylic oxidation sites excluding steroid dienone is 4. The lowest BCUT2D eigenvalue weighted by Crippen LogP contribution is -2.70. The van der Waals surface area contributed by atoms with Crippen LogP contribution in [0.15, 0.2) is 115 Å². The molecule has 0 aliphatic heterocycles. The van der Waals surface area contributed by atoms with Crippen LogP contribution in [-0.2, 0) is 29.5 Å². The van der Waals surface area contributed by atoms with E-state index in [9.17, 15) is 23.9 Å². The topological polar surface area (TPSA) is 89.9 Å². The van der Waals surface area contributed by atoms with Gasteiger partial charge in [0.15, 0.2) is 17.1 Å². The highest BCUT2D eigenvalue weighted by atomic mass is 32.2. The maximum absolute atomic E-state index is 17.8. The molecule has 7 rings (SSSR count). The fraction of sp³-hybridized carbons (Fsp3) is 0.444. The van der Waals surface area contributed by atoms with Crippen LogP contribution in [0, 0.1) is 28.6 Å². The maximum Gasteiger partial charge on any atom is 0.306 e. The quantitative estimate of drug-likeness (QED) is 0.118. The maximum atomic E-state index is 17.8. The van der Waals surface area contributed by atoms with Gasteiger partial charge < -0.3 is 14.6 Å². The van der Waals surface area contributed by atoms with Crippen molar-refractivity contribution in [3.63, 3.8) is 0 Å². The molecule has 0 unspecified atom stereocenters. The molecule has 0 radical (unpaired) electrons. The highest BCUT2D eigenvalue weighted by Gasteiger charge is 2.78. The molecule has 1 N–H and O–H groups in total. The average molecular weight is 773 g/mol. The molecule has 0 saturated heterocycles. The van der Waals surface area contributed by atoms with Gasteiger partial charge in [0, 0.05) is 35.7 Å². The lowest BCUT2D eigenvalue weighted by atomic mass is 9.44. The average Bonchev–Trinajstić information content (AvgIpc) is 3.40. The van der Waals surface area contributed by atoms with Gasteiger partial charge in [-0.05, 0) is 84.7 Å². The highest BCUT2D eigenvalue weighted by Crippen LogP contribution is 2.72. The number of thioether (sulfide) groups is 1. The molecule has 3 aromatic rings. The van der Waals surface area contributed by atoms with Gasteiger partial charge in [0.05, 0.1) is 6.10 Å². The third-order valence-corrected chi connectivity index (χ3v) is 14.0. The minimum absolute atomic E-state index is 0.00719. The SMILES string of the molecule is C[C@@H]1C[C@H]2[C@@H]3C[C@H](F)C4=CC(=O)C=C[C@]4(C)[C@@]3(F)[C@@H](O)C[C@]2(C)[C@@]1(OC(=O)CCCOC(c1ccccc1)(c1ccccc1)c1ccccc1)C(=O)SCF. The summed E-state index contributed by atoms with van der Waals surface area (Å²) < 4.78 is 60.9. The first-order valence-electron chi connectivity index (χ1n) is 19.0. The van der Waals surface area contributed by atoms with Gasteiger partial charge in [0.1, 0.15) is 17.8 Å². The van der Waals surface area contributed by atoms with E-state index in [0.717, 1.165) is 22.8 Å². The van der Waals surface area contributed by atoms with Crippen molar-refractivity contribution in [2.75, 3.05) is 12.6 Å². The van der Waals surface area contributed by atoms with Crippen LogP contribution >= 0.6 is 11.8 Å². The number of benzene rings is 3. The van der Waals surface area contributed by atoms with Gasteiger partial charge in [0.25, 0.3) is 0 Å². The molecule has 0 heterocycles. The number of esters is 1. The first-order valence-corrected chi connectivity index (χ1v) is 20.0. The van der Waals surface area contributed by atoms with Crippen molar-refractivity contribution in [3.8, 4) is 0 Å². The van der Waals surface area contributed by atoms with Crippen LogP contribution in [0.3, 0.4) is 0 Å². The molecule has 3 saturated carbocycles. The van der Waals surface area contributed by atoms with E-state index in [2.05, 4.69) is 0 Å². The monoisotopic (exact) mass is 772 g/mol. The second-order valence-electron chi connectivity index (χ2n) is 16.0. The summed E-state index contributed by atoms with van der Waals surface area (Å²) in [5.41, 5.74) is -5.60. The van der Waals surface area contributed by atoms with Crippen molar-refractivity contribution in [3.05, 3.63) is 131 Å². The molecule has 55 heavy (non-hydrogen) atoms. The summed E-state index contributed by atoms with van der Waals surface area (Å²) in [6, 6.07) is 28.3. The predicted molar refractivity (Wildman–Crippen MR) is 205 cm³/mol. The summed E-state index contributed by atoms with van der Waals surface area (Å²) in [6.45, 7) is 5.04. The number of fused-ring (bicyclic) bond motifs is 5. The van der Waals surface area contributed by atoms with Crippen molar-refractivity contribution in [1.82, 2.24) is 0 Å². The number of rotatable bonds is 11. The van der Waals surface area contributed by atoms with Crippen LogP contribution in [0.1, 0.15) is 69.6 Å². The van der Waals surface area contributed by atoms with Crippen LogP contribution in [0.5, 0.6) is 0 Å². The Morgan fingerprint density at radius 1 is 0.909 bits per heavy atom. The Hall–Kier alpha value is -3.99. The molecule has 0 aromatic heterocycles. The molecule has 290 valence electrons. The van der Waals surface area contributed by atoms with Gasteiger partial charge in [-0.15, -0.1) is 0 Å². The van der Waals surface area contributed by atoms with E-state index >= 15 is 8.78 Å². The lowest BCUT2D eigenvalue weighted by Gasteiger charge is -2.63. The van der Waals surface area contributed by atoms with Crippen LogP contribution < -0.4 is 0 Å². The molecule has 0 bridgehead atoms. The van der Waals surface area contributed by atoms with Gasteiger partial charge >= 0.3 is 5.97 Å². The third kappa shape index (κ3) is 5.97. The molecule has 6 nitrogen and oxygen atoms in total. The van der Waals surface area contributed by atoms with Gasteiger partial charge in [-0.3, -0.25) is 14.4 Å². The normalized spacial score (nSPS) is 33.9. The highest BCUT2D eigenvalue weighted by molar-refractivity contribution is 8.13. The minimum atomic E-state index is -2.38. The number of aliphatic hydroxyl groups excluding tert-OH is 1. The Balaban J connectivity index is 1.16. The van der Waals surface area contributed by atoms with Crippen LogP contribution in [0.4, 0.5) is 13.2 Å². The number of carbonyl (C=O) groups is 3. The number of ether oxygens (including phenoxy) is 2. The van der Waals surface area contributed by atoms with Crippen LogP contribution in [-0.4, -0.2) is 58.1 Å². The second-order valence-corrected chi connectivity index (χ2v) is 16.9. The fourth-order valence-electron chi connectivity index (χ4n) is 10.8. The van der Waals surface area contributed by atoms with E-state index in [0.29, 0.717) is 11.8 Å². The number of halogens is 3. The molecule has 4 aliphatic carbocycles. The minimum Gasteiger partial charge on any atom is -0.449 e.